The Balaban J connectivity index is 0.000000113. The summed E-state index contributed by atoms with van der Waals surface area (Å²) < 4.78 is 168. The number of ether oxygens (including phenoxy) is 6. The molecule has 32 bridgehead atoms. The molecule has 0 aromatic carbocycles. The van der Waals surface area contributed by atoms with Gasteiger partial charge in [-0.25, -0.2) is 28.8 Å². The molecule has 804 valence electrons. The van der Waals surface area contributed by atoms with Gasteiger partial charge in [-0.2, -0.15) is 43.2 Å². The van der Waals surface area contributed by atoms with Gasteiger partial charge in [-0.1, -0.05) is 80.3 Å². The van der Waals surface area contributed by atoms with E-state index in [4.69, 9.17) is 36.8 Å². The van der Waals surface area contributed by atoms with Gasteiger partial charge in [-0.3, -0.25) is 8.37 Å². The molecule has 32 aliphatic rings. The molecule has 0 aliphatic heterocycles. The second-order valence-corrected chi connectivity index (χ2v) is 55.2. The Hall–Kier alpha value is -5.86. The Kier molecular flexibility index (Phi) is 31.3. The summed E-state index contributed by atoms with van der Waals surface area (Å²) in [6.45, 7) is 46.9. The monoisotopic (exact) mass is 2050 g/mol. The molecule has 26 heteroatoms. The average Bonchev–Trinajstić information content (AvgIpc) is 0.725. The summed E-state index contributed by atoms with van der Waals surface area (Å²) in [4.78, 5) is 70.5. The number of halogens is 6. The number of rotatable bonds is 22. The van der Waals surface area contributed by atoms with E-state index in [1.54, 1.807) is 13.8 Å². The molecule has 0 N–H and O–H groups in total. The number of hydrogen-bond donors (Lipinski definition) is 0. The lowest BCUT2D eigenvalue weighted by atomic mass is 9.49. The summed E-state index contributed by atoms with van der Waals surface area (Å²) in [6, 6.07) is 0. The predicted octanol–water partition coefficient (Wildman–Crippen LogP) is 27.2. The molecular weight excluding hydrogens is 1880 g/mol. The number of hydrogen-bond acceptors (Lipinski definition) is 18. The molecule has 0 heterocycles. The zero-order valence-electron chi connectivity index (χ0n) is 88.0. The number of carbonyl (C=O) groups is 6. The van der Waals surface area contributed by atoms with Crippen molar-refractivity contribution < 1.29 is 109 Å². The maximum atomic E-state index is 12.6. The van der Waals surface area contributed by atoms with Gasteiger partial charge in [0.2, 0.25) is 0 Å². The molecule has 0 aromatic heterocycles. The molecule has 144 heavy (non-hydrogen) atoms. The third kappa shape index (κ3) is 21.2. The largest absolute Gasteiger partial charge is 0.456 e. The van der Waals surface area contributed by atoms with Crippen LogP contribution in [0.5, 0.6) is 0 Å². The molecule has 0 atom stereocenters. The first-order chi connectivity index (χ1) is 67.7. The molecule has 0 spiro atoms. The maximum Gasteiger partial charge on any atom is 0.422 e. The van der Waals surface area contributed by atoms with Crippen molar-refractivity contribution in [2.45, 2.75) is 409 Å². The van der Waals surface area contributed by atoms with Crippen LogP contribution in [-0.4, -0.2) is 110 Å². The average molecular weight is 2050 g/mol. The first kappa shape index (κ1) is 109. The molecular formula is C118H170F6O18S2. The lowest BCUT2D eigenvalue weighted by Gasteiger charge is -2.60. The van der Waals surface area contributed by atoms with E-state index >= 15 is 0 Å². The van der Waals surface area contributed by atoms with Gasteiger partial charge in [0.25, 0.3) is 20.2 Å². The fourth-order valence-electron chi connectivity index (χ4n) is 38.6. The zero-order valence-corrected chi connectivity index (χ0v) is 89.6. The minimum absolute atomic E-state index is 0.154. The molecule has 0 amide bonds. The quantitative estimate of drug-likeness (QED) is 0.0321. The lowest BCUT2D eigenvalue weighted by Crippen LogP contribution is -2.59. The van der Waals surface area contributed by atoms with Crippen molar-refractivity contribution in [3.05, 3.63) is 97.9 Å². The van der Waals surface area contributed by atoms with Crippen LogP contribution in [-0.2, 0) is 85.8 Å². The SMILES string of the molecule is C=C(C(=O)OC1(C)C2CC3CC(C2)CC1C3)C(F)(F)F.C=C(C(=O)OC1(CC)C2CC3CC(C2)CC1C3)C(F)(F)F.C=C(C)C(=O)OC1(C)C2CC3CC(C2)CC1C3.C=C(C)C(=O)OC1(CC)C2CC3CC(C2)CC1C3.C=CC(=O)OC1(C)C2CC3CC(C2)CC1C3.C=CC(=O)OC1(CC)C2CC3CC(C2)CC1C3.C=CS(=O)(=O)OC1(C)C2CC3CC(C2)CC1C3.C=CS(=O)(=O)OC1(CC)C2CC3CC(C2)CC1C3. The highest BCUT2D eigenvalue weighted by atomic mass is 32.2. The van der Waals surface area contributed by atoms with Crippen molar-refractivity contribution in [2.75, 3.05) is 0 Å². The molecule has 0 unspecified atom stereocenters. The van der Waals surface area contributed by atoms with Crippen LogP contribution in [0, 0.1) is 189 Å². The van der Waals surface area contributed by atoms with Crippen LogP contribution in [0.2, 0.25) is 0 Å². The third-order valence-electron chi connectivity index (χ3n) is 44.3. The number of carbonyl (C=O) groups excluding carboxylic acids is 6. The van der Waals surface area contributed by atoms with Crippen molar-refractivity contribution in [2.24, 2.45) is 189 Å². The van der Waals surface area contributed by atoms with E-state index in [0.29, 0.717) is 112 Å². The van der Waals surface area contributed by atoms with Crippen molar-refractivity contribution in [3.63, 3.8) is 0 Å². The zero-order chi connectivity index (χ0) is 104. The third-order valence-corrected chi connectivity index (χ3v) is 46.3. The smallest absolute Gasteiger partial charge is 0.422 e. The number of esters is 6. The maximum absolute atomic E-state index is 12.6. The van der Waals surface area contributed by atoms with Gasteiger partial charge in [-0.05, 0) is 513 Å². The Morgan fingerprint density at radius 3 is 0.646 bits per heavy atom. The van der Waals surface area contributed by atoms with Gasteiger partial charge in [0.15, 0.2) is 0 Å². The Morgan fingerprint density at radius 2 is 0.431 bits per heavy atom. The highest BCUT2D eigenvalue weighted by Crippen LogP contribution is 2.69. The van der Waals surface area contributed by atoms with Gasteiger partial charge in [0.1, 0.15) is 44.8 Å². The Morgan fingerprint density at radius 1 is 0.257 bits per heavy atom. The lowest BCUT2D eigenvalue weighted by molar-refractivity contribution is -0.212. The standard InChI is InChI=1S/C16H21F3O2.C16H24O2.C15H19F3O2.2C15H22O2.C14H22O3S.C14H20O2.C13H20O3S/c1-3-15(21-14(20)9(2)16(17,18)19)12-5-10-4-11(7-12)8-13(15)6-10;1-4-16(18-15(17)10(2)3)13-6-11-5-12(8-13)9-14(16)7-11;1-8(15(16,17)18)13(19)20-14(2)11-4-9-3-10(6-11)7-12(14)5-9;1-9(2)14(16)17-15(3)12-5-10-4-11(7-12)8-13(15)6-10;1-3-14(16)17-15(4-2)12-6-10-5-11(8-12)9-13(15)7-10;1-3-14(17-18(15,16)4-2)12-6-10-5-11(8-12)9-13(14)7-10;1-3-13(15)16-14(2)11-5-9-4-10(7-11)8-12(14)6-9;1-3-17(14,15)16-13(2)11-5-9-4-10(7-11)8-12(13)6-9/h10-13H,2-8H2,1H3;11-14H,2,4-9H2,1,3H3;9-12H,1,3-7H2,2H3;10-13H,1,4-8H2,2-3H3;3,10-13H,1,4-9H2,2H3;4,10-13H,2-3,5-9H2,1H3;3,9-12H,1,4-8H2,2H3;3,9-12H,1,4-8H2,2H3. The van der Waals surface area contributed by atoms with E-state index in [1.165, 1.54) is 166 Å². The molecule has 0 saturated heterocycles. The van der Waals surface area contributed by atoms with Crippen LogP contribution in [0.1, 0.15) is 352 Å². The molecule has 32 rings (SSSR count). The summed E-state index contributed by atoms with van der Waals surface area (Å²) in [5, 5.41) is 1.89. The summed E-state index contributed by atoms with van der Waals surface area (Å²) in [7, 11) is -7.13. The molecule has 32 fully saturated rings. The first-order valence-corrected chi connectivity index (χ1v) is 59.3. The van der Waals surface area contributed by atoms with E-state index in [-0.39, 0.29) is 70.0 Å². The Bertz CT molecular complexity index is 4880. The van der Waals surface area contributed by atoms with Gasteiger partial charge in [-0.15, -0.1) is 0 Å². The molecule has 18 nitrogen and oxygen atoms in total. The fourth-order valence-corrected chi connectivity index (χ4v) is 40.3. The minimum atomic E-state index is -4.71. The summed E-state index contributed by atoms with van der Waals surface area (Å²) in [6.07, 6.45) is 45.0. The second-order valence-electron chi connectivity index (χ2n) is 52.2. The van der Waals surface area contributed by atoms with Crippen LogP contribution in [0.25, 0.3) is 0 Å². The summed E-state index contributed by atoms with van der Waals surface area (Å²) in [5.41, 5.74) is -4.77. The van der Waals surface area contributed by atoms with Gasteiger partial charge < -0.3 is 28.4 Å². The normalized spacial score (nSPS) is 45.6. The summed E-state index contributed by atoms with van der Waals surface area (Å²) in [5.74, 6) is 17.4. The molecule has 0 aromatic rings. The van der Waals surface area contributed by atoms with Gasteiger partial charge in [0, 0.05) is 23.3 Å². The highest BCUT2D eigenvalue weighted by Gasteiger charge is 2.67. The topological polar surface area (TPSA) is 245 Å². The van der Waals surface area contributed by atoms with Crippen LogP contribution < -0.4 is 0 Å². The first-order valence-electron chi connectivity index (χ1n) is 56.3. The predicted molar refractivity (Wildman–Crippen MR) is 539 cm³/mol. The van der Waals surface area contributed by atoms with E-state index in [9.17, 15) is 71.9 Å². The molecule has 32 aliphatic carbocycles. The molecule has 0 radical (unpaired) electrons. The van der Waals surface area contributed by atoms with Gasteiger partial charge >= 0.3 is 48.2 Å². The van der Waals surface area contributed by atoms with E-state index in [1.807, 2.05) is 20.8 Å². The number of alkyl halides is 6. The van der Waals surface area contributed by atoms with Crippen LogP contribution in [0.3, 0.4) is 0 Å². The fraction of sp³-hybridized carbons (Fsp3) is 0.814. The van der Waals surface area contributed by atoms with E-state index < -0.39 is 78.1 Å². The van der Waals surface area contributed by atoms with Crippen molar-refractivity contribution in [1.82, 2.24) is 0 Å². The van der Waals surface area contributed by atoms with Crippen LogP contribution in [0.4, 0.5) is 26.3 Å². The minimum Gasteiger partial charge on any atom is -0.456 e. The van der Waals surface area contributed by atoms with E-state index in [0.717, 1.165) is 204 Å². The van der Waals surface area contributed by atoms with Gasteiger partial charge in [0.05, 0.1) is 22.0 Å². The van der Waals surface area contributed by atoms with Crippen LogP contribution >= 0.6 is 0 Å². The van der Waals surface area contributed by atoms with Crippen molar-refractivity contribution in [3.8, 4) is 0 Å². The molecule has 32 saturated carbocycles. The summed E-state index contributed by atoms with van der Waals surface area (Å²) >= 11 is 0. The second kappa shape index (κ2) is 41.3. The van der Waals surface area contributed by atoms with Crippen LogP contribution in [0.15, 0.2) is 97.9 Å². The highest BCUT2D eigenvalue weighted by molar-refractivity contribution is 7.90. The van der Waals surface area contributed by atoms with E-state index in [2.05, 4.69) is 87.3 Å². The van der Waals surface area contributed by atoms with Crippen molar-refractivity contribution in [1.29, 1.82) is 0 Å². The Labute approximate surface area is 855 Å². The van der Waals surface area contributed by atoms with Crippen molar-refractivity contribution >= 4 is 56.1 Å².